The zero-order chi connectivity index (χ0) is 22.8. The molecule has 172 valence electrons. The molecule has 0 atom stereocenters. The summed E-state index contributed by atoms with van der Waals surface area (Å²) < 4.78 is 43.3. The monoisotopic (exact) mass is 472 g/mol. The Morgan fingerprint density at radius 3 is 2.58 bits per heavy atom. The van der Waals surface area contributed by atoms with Crippen LogP contribution < -0.4 is 9.57 Å². The van der Waals surface area contributed by atoms with Gasteiger partial charge in [-0.25, -0.2) is 8.42 Å². The highest BCUT2D eigenvalue weighted by Gasteiger charge is 2.27. The van der Waals surface area contributed by atoms with Crippen LogP contribution in [0.3, 0.4) is 0 Å². The number of ether oxygens (including phenoxy) is 2. The number of benzene rings is 2. The molecule has 0 amide bonds. The molecule has 0 unspecified atom stereocenters. The first-order valence-corrected chi connectivity index (χ1v) is 11.5. The molecule has 2 aromatic carbocycles. The molecule has 0 radical (unpaired) electrons. The van der Waals surface area contributed by atoms with Crippen LogP contribution in [0.5, 0.6) is 5.75 Å². The molecule has 0 bridgehead atoms. The van der Waals surface area contributed by atoms with Crippen molar-refractivity contribution in [2.75, 3.05) is 33.4 Å². The Morgan fingerprint density at radius 2 is 1.82 bits per heavy atom. The maximum Gasteiger partial charge on any atom is 0.257 e. The van der Waals surface area contributed by atoms with Gasteiger partial charge in [0.05, 0.1) is 25.2 Å². The van der Waals surface area contributed by atoms with Crippen LogP contribution in [-0.4, -0.2) is 71.5 Å². The number of hydrogen-bond donors (Lipinski definition) is 0. The van der Waals surface area contributed by atoms with Crippen LogP contribution in [-0.2, 0) is 21.4 Å². The van der Waals surface area contributed by atoms with Gasteiger partial charge in [-0.2, -0.15) is 4.31 Å². The van der Waals surface area contributed by atoms with Crippen LogP contribution in [0.25, 0.3) is 22.5 Å². The Bertz CT molecular complexity index is 1360. The molecular formula is C20H20N6O6S. The van der Waals surface area contributed by atoms with E-state index >= 15 is 0 Å². The molecule has 13 heteroatoms. The molecule has 1 aliphatic heterocycles. The average Bonchev–Trinajstić information content (AvgIpc) is 3.50. The second kappa shape index (κ2) is 8.77. The molecule has 33 heavy (non-hydrogen) atoms. The lowest BCUT2D eigenvalue weighted by atomic mass is 10.2. The van der Waals surface area contributed by atoms with Crippen molar-refractivity contribution in [1.82, 2.24) is 29.7 Å². The Kier molecular flexibility index (Phi) is 5.66. The van der Waals surface area contributed by atoms with E-state index in [-0.39, 0.29) is 17.4 Å². The Labute approximate surface area is 188 Å². The quantitative estimate of drug-likeness (QED) is 0.385. The van der Waals surface area contributed by atoms with Gasteiger partial charge < -0.3 is 18.7 Å². The molecule has 12 nitrogen and oxygen atoms in total. The van der Waals surface area contributed by atoms with Crippen LogP contribution in [0.15, 0.2) is 51.8 Å². The van der Waals surface area contributed by atoms with Crippen molar-refractivity contribution in [3.63, 3.8) is 0 Å². The molecule has 2 aromatic heterocycles. The average molecular weight is 472 g/mol. The molecule has 0 spiro atoms. The minimum Gasteiger partial charge on any atom is -0.497 e. The molecule has 1 fully saturated rings. The number of morpholine rings is 1. The molecule has 3 heterocycles. The van der Waals surface area contributed by atoms with Crippen molar-refractivity contribution in [3.05, 3.63) is 48.4 Å². The molecule has 5 rings (SSSR count). The standard InChI is InChI=1S/C20H20N6O6S/c1-29-15-4-2-14(3-5-15)20-23-22-19(32-20)13-31-26-18-12-16(6-7-17(18)21-24-26)33(27,28)25-8-10-30-11-9-25/h2-7,12H,8-11,13H2,1H3. The topological polar surface area (TPSA) is 135 Å². The predicted molar refractivity (Wildman–Crippen MR) is 114 cm³/mol. The van der Waals surface area contributed by atoms with E-state index in [1.807, 2.05) is 0 Å². The highest BCUT2D eigenvalue weighted by Crippen LogP contribution is 2.23. The summed E-state index contributed by atoms with van der Waals surface area (Å²) in [4.78, 5) is 6.91. The van der Waals surface area contributed by atoms with Crippen molar-refractivity contribution in [1.29, 1.82) is 0 Å². The van der Waals surface area contributed by atoms with Crippen molar-refractivity contribution < 1.29 is 27.1 Å². The summed E-state index contributed by atoms with van der Waals surface area (Å²) in [5, 5.41) is 16.0. The van der Waals surface area contributed by atoms with Gasteiger partial charge in [-0.3, -0.25) is 0 Å². The number of fused-ring (bicyclic) bond motifs is 1. The third kappa shape index (κ3) is 4.25. The molecule has 0 N–H and O–H groups in total. The maximum absolute atomic E-state index is 13.0. The second-order valence-corrected chi connectivity index (χ2v) is 9.07. The summed E-state index contributed by atoms with van der Waals surface area (Å²) in [6, 6.07) is 11.8. The van der Waals surface area contributed by atoms with Crippen LogP contribution in [0.1, 0.15) is 5.89 Å². The SMILES string of the molecule is COc1ccc(-c2nnc(COn3nnc4ccc(S(=O)(=O)N5CCOCC5)cc43)o2)cc1. The van der Waals surface area contributed by atoms with E-state index < -0.39 is 10.0 Å². The minimum atomic E-state index is -3.67. The van der Waals surface area contributed by atoms with Crippen molar-refractivity contribution in [3.8, 4) is 17.2 Å². The van der Waals surface area contributed by atoms with Gasteiger partial charge in [-0.05, 0) is 47.7 Å². The molecule has 0 aliphatic carbocycles. The lowest BCUT2D eigenvalue weighted by molar-refractivity contribution is 0.0617. The molecule has 4 aromatic rings. The molecule has 1 saturated heterocycles. The van der Waals surface area contributed by atoms with Crippen LogP contribution >= 0.6 is 0 Å². The number of hydrogen-bond acceptors (Lipinski definition) is 10. The molecule has 1 aliphatic rings. The van der Waals surface area contributed by atoms with Gasteiger partial charge in [0.15, 0.2) is 6.61 Å². The predicted octanol–water partition coefficient (Wildman–Crippen LogP) is 1.14. The second-order valence-electron chi connectivity index (χ2n) is 7.13. The van der Waals surface area contributed by atoms with E-state index in [0.717, 1.165) is 16.2 Å². The fraction of sp³-hybridized carbons (Fsp3) is 0.300. The largest absolute Gasteiger partial charge is 0.497 e. The lowest BCUT2D eigenvalue weighted by Crippen LogP contribution is -2.40. The van der Waals surface area contributed by atoms with Gasteiger partial charge in [0, 0.05) is 18.7 Å². The third-order valence-electron chi connectivity index (χ3n) is 5.11. The number of rotatable bonds is 7. The first-order valence-electron chi connectivity index (χ1n) is 10.1. The summed E-state index contributed by atoms with van der Waals surface area (Å²) in [7, 11) is -2.08. The van der Waals surface area contributed by atoms with Gasteiger partial charge in [0.1, 0.15) is 16.8 Å². The van der Waals surface area contributed by atoms with Crippen molar-refractivity contribution in [2.24, 2.45) is 0 Å². The zero-order valence-corrected chi connectivity index (χ0v) is 18.4. The van der Waals surface area contributed by atoms with E-state index in [1.165, 1.54) is 16.4 Å². The van der Waals surface area contributed by atoms with E-state index in [9.17, 15) is 8.42 Å². The number of aromatic nitrogens is 5. The fourth-order valence-electron chi connectivity index (χ4n) is 3.35. The smallest absolute Gasteiger partial charge is 0.257 e. The highest BCUT2D eigenvalue weighted by atomic mass is 32.2. The molecular weight excluding hydrogens is 452 g/mol. The van der Waals surface area contributed by atoms with E-state index in [4.69, 9.17) is 18.7 Å². The minimum absolute atomic E-state index is 0.0813. The number of methoxy groups -OCH3 is 1. The van der Waals surface area contributed by atoms with E-state index in [0.29, 0.717) is 43.2 Å². The first kappa shape index (κ1) is 21.3. The van der Waals surface area contributed by atoms with E-state index in [1.54, 1.807) is 37.4 Å². The Hall–Kier alpha value is -3.55. The summed E-state index contributed by atoms with van der Waals surface area (Å²) in [6.07, 6.45) is 0. The summed E-state index contributed by atoms with van der Waals surface area (Å²) in [5.41, 5.74) is 1.62. The van der Waals surface area contributed by atoms with Crippen LogP contribution in [0.4, 0.5) is 0 Å². The number of nitrogens with zero attached hydrogens (tertiary/aromatic N) is 6. The maximum atomic E-state index is 13.0. The zero-order valence-electron chi connectivity index (χ0n) is 17.6. The fourth-order valence-corrected chi connectivity index (χ4v) is 4.78. The van der Waals surface area contributed by atoms with Gasteiger partial charge >= 0.3 is 0 Å². The van der Waals surface area contributed by atoms with E-state index in [2.05, 4.69) is 20.5 Å². The first-order chi connectivity index (χ1) is 16.0. The van der Waals surface area contributed by atoms with Gasteiger partial charge in [0.25, 0.3) is 5.89 Å². The normalized spacial score (nSPS) is 15.1. The lowest BCUT2D eigenvalue weighted by Gasteiger charge is -2.26. The summed E-state index contributed by atoms with van der Waals surface area (Å²) in [5.74, 6) is 1.27. The van der Waals surface area contributed by atoms with Gasteiger partial charge in [-0.15, -0.1) is 15.3 Å². The van der Waals surface area contributed by atoms with Crippen molar-refractivity contribution in [2.45, 2.75) is 11.5 Å². The summed E-state index contributed by atoms with van der Waals surface area (Å²) >= 11 is 0. The van der Waals surface area contributed by atoms with Gasteiger partial charge in [-0.1, -0.05) is 4.85 Å². The van der Waals surface area contributed by atoms with Crippen LogP contribution in [0.2, 0.25) is 0 Å². The van der Waals surface area contributed by atoms with Gasteiger partial charge in [0.2, 0.25) is 15.9 Å². The third-order valence-corrected chi connectivity index (χ3v) is 7.00. The molecule has 0 saturated carbocycles. The highest BCUT2D eigenvalue weighted by molar-refractivity contribution is 7.89. The Morgan fingerprint density at radius 1 is 1.03 bits per heavy atom. The van der Waals surface area contributed by atoms with Crippen LogP contribution in [0, 0.1) is 0 Å². The van der Waals surface area contributed by atoms with Crippen molar-refractivity contribution >= 4 is 21.1 Å². The number of sulfonamides is 1. The Balaban J connectivity index is 1.33. The summed E-state index contributed by atoms with van der Waals surface area (Å²) in [6.45, 7) is 1.27.